The number of halogens is 2. The molecular weight excluding hydrogens is 263 g/mol. The van der Waals surface area contributed by atoms with Crippen molar-refractivity contribution in [1.29, 1.82) is 0 Å². The van der Waals surface area contributed by atoms with E-state index in [1.54, 1.807) is 0 Å². The van der Waals surface area contributed by atoms with E-state index in [0.29, 0.717) is 12.5 Å². The molecule has 1 atom stereocenters. The van der Waals surface area contributed by atoms with Crippen LogP contribution in [0.3, 0.4) is 0 Å². The normalized spacial score (nSPS) is 12.8. The minimum absolute atomic E-state index is 0.558. The van der Waals surface area contributed by atoms with Gasteiger partial charge in [-0.2, -0.15) is 0 Å². The molecule has 0 heterocycles. The van der Waals surface area contributed by atoms with Crippen LogP contribution in [0.1, 0.15) is 12.5 Å². The third-order valence-electron chi connectivity index (χ3n) is 1.85. The summed E-state index contributed by atoms with van der Waals surface area (Å²) in [6.07, 6.45) is 0. The molecule has 1 nitrogen and oxygen atoms in total. The molecule has 1 aromatic rings. The number of ether oxygens (including phenoxy) is 1. The monoisotopic (exact) mass is 276 g/mol. The zero-order valence-electron chi connectivity index (χ0n) is 8.17. The summed E-state index contributed by atoms with van der Waals surface area (Å²) >= 11 is 9.18. The Hall–Kier alpha value is -0.0500. The van der Waals surface area contributed by atoms with Crippen molar-refractivity contribution < 1.29 is 4.74 Å². The topological polar surface area (TPSA) is 9.23 Å². The Kier molecular flexibility index (Phi) is 5.53. The lowest BCUT2D eigenvalue weighted by molar-refractivity contribution is 0.0985. The molecule has 1 rings (SSSR count). The fourth-order valence-electron chi connectivity index (χ4n) is 1.00. The van der Waals surface area contributed by atoms with Gasteiger partial charge in [0, 0.05) is 10.4 Å². The summed E-state index contributed by atoms with van der Waals surface area (Å²) in [5.74, 6) is 0.558. The highest BCUT2D eigenvalue weighted by Crippen LogP contribution is 2.11. The van der Waals surface area contributed by atoms with E-state index in [4.69, 9.17) is 16.3 Å². The quantitative estimate of drug-likeness (QED) is 0.742. The maximum absolute atomic E-state index is 5.77. The summed E-state index contributed by atoms with van der Waals surface area (Å²) in [6.45, 7) is 3.60. The van der Waals surface area contributed by atoms with Gasteiger partial charge in [0.25, 0.3) is 0 Å². The largest absolute Gasteiger partial charge is 0.376 e. The predicted octanol–water partition coefficient (Wildman–Crippen LogP) is 3.89. The van der Waals surface area contributed by atoms with Crippen LogP contribution in [0.5, 0.6) is 0 Å². The standard InChI is InChI=1S/C11H14BrClO/c1-9(6-12)7-14-8-10-2-4-11(13)5-3-10/h2-5,9H,6-8H2,1H3. The molecule has 0 fully saturated rings. The van der Waals surface area contributed by atoms with Crippen LogP contribution in [0, 0.1) is 5.92 Å². The van der Waals surface area contributed by atoms with Crippen LogP contribution in [-0.4, -0.2) is 11.9 Å². The van der Waals surface area contributed by atoms with Crippen molar-refractivity contribution in [1.82, 2.24) is 0 Å². The van der Waals surface area contributed by atoms with Gasteiger partial charge in [-0.3, -0.25) is 0 Å². The minimum Gasteiger partial charge on any atom is -0.376 e. The summed E-state index contributed by atoms with van der Waals surface area (Å²) in [5, 5.41) is 1.75. The molecule has 0 aliphatic rings. The number of alkyl halides is 1. The summed E-state index contributed by atoms with van der Waals surface area (Å²) in [5.41, 5.74) is 1.16. The van der Waals surface area contributed by atoms with E-state index in [0.717, 1.165) is 22.5 Å². The highest BCUT2D eigenvalue weighted by molar-refractivity contribution is 9.09. The zero-order chi connectivity index (χ0) is 10.4. The van der Waals surface area contributed by atoms with Gasteiger partial charge >= 0.3 is 0 Å². The van der Waals surface area contributed by atoms with Crippen LogP contribution in [0.15, 0.2) is 24.3 Å². The van der Waals surface area contributed by atoms with Gasteiger partial charge in [-0.25, -0.2) is 0 Å². The second-order valence-corrected chi connectivity index (χ2v) is 4.48. The van der Waals surface area contributed by atoms with E-state index < -0.39 is 0 Å². The van der Waals surface area contributed by atoms with Gasteiger partial charge in [0.15, 0.2) is 0 Å². The van der Waals surface area contributed by atoms with E-state index in [2.05, 4.69) is 22.9 Å². The van der Waals surface area contributed by atoms with Crippen molar-refractivity contribution in [2.24, 2.45) is 5.92 Å². The van der Waals surface area contributed by atoms with E-state index in [1.165, 1.54) is 0 Å². The van der Waals surface area contributed by atoms with Gasteiger partial charge in [0.1, 0.15) is 0 Å². The van der Waals surface area contributed by atoms with Crippen LogP contribution in [0.4, 0.5) is 0 Å². The summed E-state index contributed by atoms with van der Waals surface area (Å²) in [7, 11) is 0. The van der Waals surface area contributed by atoms with Crippen LogP contribution < -0.4 is 0 Å². The van der Waals surface area contributed by atoms with Crippen molar-refractivity contribution in [3.63, 3.8) is 0 Å². The molecule has 1 unspecified atom stereocenters. The first-order valence-electron chi connectivity index (χ1n) is 4.60. The van der Waals surface area contributed by atoms with Gasteiger partial charge < -0.3 is 4.74 Å². The molecule has 0 saturated heterocycles. The predicted molar refractivity (Wildman–Crippen MR) is 64.1 cm³/mol. The Balaban J connectivity index is 2.28. The maximum Gasteiger partial charge on any atom is 0.0717 e. The number of hydrogen-bond donors (Lipinski definition) is 0. The molecule has 0 radical (unpaired) electrons. The second-order valence-electron chi connectivity index (χ2n) is 3.40. The van der Waals surface area contributed by atoms with Gasteiger partial charge in [-0.05, 0) is 23.6 Å². The summed E-state index contributed by atoms with van der Waals surface area (Å²) in [4.78, 5) is 0. The Morgan fingerprint density at radius 3 is 2.57 bits per heavy atom. The van der Waals surface area contributed by atoms with Crippen molar-refractivity contribution in [3.8, 4) is 0 Å². The van der Waals surface area contributed by atoms with Crippen molar-refractivity contribution in [3.05, 3.63) is 34.9 Å². The second kappa shape index (κ2) is 6.44. The molecule has 78 valence electrons. The number of benzene rings is 1. The van der Waals surface area contributed by atoms with E-state index in [-0.39, 0.29) is 0 Å². The van der Waals surface area contributed by atoms with Gasteiger partial charge in [0.2, 0.25) is 0 Å². The lowest BCUT2D eigenvalue weighted by atomic mass is 10.2. The third kappa shape index (κ3) is 4.45. The molecule has 0 amide bonds. The molecule has 0 aliphatic heterocycles. The smallest absolute Gasteiger partial charge is 0.0717 e. The zero-order valence-corrected chi connectivity index (χ0v) is 10.5. The first-order chi connectivity index (χ1) is 6.72. The Labute approximate surface area is 98.5 Å². The number of hydrogen-bond acceptors (Lipinski definition) is 1. The lowest BCUT2D eigenvalue weighted by Crippen LogP contribution is -2.06. The van der Waals surface area contributed by atoms with E-state index in [1.807, 2.05) is 24.3 Å². The van der Waals surface area contributed by atoms with Crippen LogP contribution in [0.2, 0.25) is 5.02 Å². The van der Waals surface area contributed by atoms with Gasteiger partial charge in [-0.1, -0.05) is 46.6 Å². The summed E-state index contributed by atoms with van der Waals surface area (Å²) < 4.78 is 5.54. The van der Waals surface area contributed by atoms with Crippen LogP contribution in [0.25, 0.3) is 0 Å². The lowest BCUT2D eigenvalue weighted by Gasteiger charge is -2.08. The average Bonchev–Trinajstić information content (AvgIpc) is 2.21. The molecule has 14 heavy (non-hydrogen) atoms. The highest BCUT2D eigenvalue weighted by atomic mass is 79.9. The molecule has 0 spiro atoms. The van der Waals surface area contributed by atoms with Crippen LogP contribution >= 0.6 is 27.5 Å². The summed E-state index contributed by atoms with van der Waals surface area (Å²) in [6, 6.07) is 7.74. The molecule has 0 aliphatic carbocycles. The molecule has 0 aromatic heterocycles. The molecule has 1 aromatic carbocycles. The third-order valence-corrected chi connectivity index (χ3v) is 3.21. The molecule has 0 bridgehead atoms. The molecule has 0 N–H and O–H groups in total. The van der Waals surface area contributed by atoms with E-state index in [9.17, 15) is 0 Å². The fraction of sp³-hybridized carbons (Fsp3) is 0.455. The van der Waals surface area contributed by atoms with Crippen molar-refractivity contribution >= 4 is 27.5 Å². The number of rotatable bonds is 5. The average molecular weight is 278 g/mol. The highest BCUT2D eigenvalue weighted by Gasteiger charge is 1.99. The van der Waals surface area contributed by atoms with Gasteiger partial charge in [-0.15, -0.1) is 0 Å². The van der Waals surface area contributed by atoms with Crippen molar-refractivity contribution in [2.45, 2.75) is 13.5 Å². The Morgan fingerprint density at radius 2 is 2.00 bits per heavy atom. The molecular formula is C11H14BrClO. The SMILES string of the molecule is CC(CBr)COCc1ccc(Cl)cc1. The fourth-order valence-corrected chi connectivity index (χ4v) is 1.32. The maximum atomic E-state index is 5.77. The minimum atomic E-state index is 0.558. The molecule has 0 saturated carbocycles. The first kappa shape index (κ1) is 12.0. The van der Waals surface area contributed by atoms with Gasteiger partial charge in [0.05, 0.1) is 13.2 Å². The Morgan fingerprint density at radius 1 is 1.36 bits per heavy atom. The molecule has 3 heteroatoms. The first-order valence-corrected chi connectivity index (χ1v) is 6.10. The van der Waals surface area contributed by atoms with E-state index >= 15 is 0 Å². The van der Waals surface area contributed by atoms with Crippen LogP contribution in [-0.2, 0) is 11.3 Å². The van der Waals surface area contributed by atoms with Crippen molar-refractivity contribution in [2.75, 3.05) is 11.9 Å². The Bertz CT molecular complexity index is 260.